The summed E-state index contributed by atoms with van der Waals surface area (Å²) >= 11 is 0. The lowest BCUT2D eigenvalue weighted by atomic mass is 9.79. The average Bonchev–Trinajstić information content (AvgIpc) is 2.92. The summed E-state index contributed by atoms with van der Waals surface area (Å²) in [6, 6.07) is 9.72. The Morgan fingerprint density at radius 3 is 2.74 bits per heavy atom. The number of hydrogen-bond acceptors (Lipinski definition) is 3. The normalized spacial score (nSPS) is 19.5. The number of para-hydroxylation sites is 1. The van der Waals surface area contributed by atoms with Crippen LogP contribution < -0.4 is 4.90 Å². The summed E-state index contributed by atoms with van der Waals surface area (Å²) < 4.78 is 5.48. The molecule has 122 valence electrons. The summed E-state index contributed by atoms with van der Waals surface area (Å²) in [5.74, 6) is 0.147. The number of carboxylic acid groups (broad SMARTS) is 1. The van der Waals surface area contributed by atoms with Gasteiger partial charge in [-0.2, -0.15) is 0 Å². The highest BCUT2D eigenvalue weighted by Gasteiger charge is 2.37. The van der Waals surface area contributed by atoms with Gasteiger partial charge in [0.05, 0.1) is 6.54 Å². The average molecular weight is 313 g/mol. The number of anilines is 1. The maximum absolute atomic E-state index is 11.0. The molecule has 2 heterocycles. The molecule has 4 nitrogen and oxygen atoms in total. The fourth-order valence-electron chi connectivity index (χ4n) is 3.75. The molecule has 0 aliphatic carbocycles. The van der Waals surface area contributed by atoms with E-state index in [1.807, 2.05) is 0 Å². The number of fused-ring (bicyclic) bond motifs is 1. The van der Waals surface area contributed by atoms with Crippen molar-refractivity contribution in [3.8, 4) is 0 Å². The van der Waals surface area contributed by atoms with Gasteiger partial charge in [-0.25, -0.2) is 4.79 Å². The summed E-state index contributed by atoms with van der Waals surface area (Å²) in [5, 5.41) is 9.04. The summed E-state index contributed by atoms with van der Waals surface area (Å²) in [7, 11) is 0. The molecule has 0 bridgehead atoms. The fraction of sp³-hybridized carbons (Fsp3) is 0.421. The number of benzene rings is 1. The lowest BCUT2D eigenvalue weighted by molar-refractivity contribution is 0.0660. The van der Waals surface area contributed by atoms with Crippen molar-refractivity contribution in [1.29, 1.82) is 0 Å². The Balaban J connectivity index is 2.02. The Labute approximate surface area is 136 Å². The minimum Gasteiger partial charge on any atom is -0.475 e. The molecular formula is C19H23NO3. The number of carbonyl (C=O) groups is 1. The van der Waals surface area contributed by atoms with Crippen LogP contribution >= 0.6 is 0 Å². The molecule has 0 radical (unpaired) electrons. The van der Waals surface area contributed by atoms with Gasteiger partial charge < -0.3 is 14.4 Å². The van der Waals surface area contributed by atoms with Crippen molar-refractivity contribution in [2.75, 3.05) is 4.90 Å². The van der Waals surface area contributed by atoms with E-state index in [1.165, 1.54) is 22.9 Å². The van der Waals surface area contributed by atoms with E-state index >= 15 is 0 Å². The molecule has 0 spiro atoms. The molecular weight excluding hydrogens is 290 g/mol. The van der Waals surface area contributed by atoms with E-state index in [0.29, 0.717) is 18.2 Å². The van der Waals surface area contributed by atoms with Gasteiger partial charge in [0, 0.05) is 11.2 Å². The van der Waals surface area contributed by atoms with Crippen molar-refractivity contribution in [2.24, 2.45) is 0 Å². The van der Waals surface area contributed by atoms with E-state index in [4.69, 9.17) is 9.52 Å². The Bertz CT molecular complexity index is 745. The van der Waals surface area contributed by atoms with Crippen molar-refractivity contribution in [3.05, 3.63) is 53.0 Å². The number of hydrogen-bond donors (Lipinski definition) is 1. The van der Waals surface area contributed by atoms with Crippen LogP contribution in [0.15, 0.2) is 34.7 Å². The fourth-order valence-corrected chi connectivity index (χ4v) is 3.75. The molecule has 23 heavy (non-hydrogen) atoms. The summed E-state index contributed by atoms with van der Waals surface area (Å²) in [4.78, 5) is 13.4. The van der Waals surface area contributed by atoms with Gasteiger partial charge in [0.2, 0.25) is 5.76 Å². The van der Waals surface area contributed by atoms with Crippen LogP contribution in [0.2, 0.25) is 0 Å². The molecule has 1 aliphatic heterocycles. The van der Waals surface area contributed by atoms with E-state index in [9.17, 15) is 4.79 Å². The largest absolute Gasteiger partial charge is 0.475 e. The van der Waals surface area contributed by atoms with Crippen molar-refractivity contribution in [3.63, 3.8) is 0 Å². The minimum absolute atomic E-state index is 0.00630. The van der Waals surface area contributed by atoms with Gasteiger partial charge in [-0.3, -0.25) is 0 Å². The van der Waals surface area contributed by atoms with Crippen LogP contribution in [0.4, 0.5) is 5.69 Å². The van der Waals surface area contributed by atoms with E-state index < -0.39 is 5.97 Å². The molecule has 0 saturated carbocycles. The number of nitrogens with zero attached hydrogens (tertiary/aromatic N) is 1. The van der Waals surface area contributed by atoms with Gasteiger partial charge in [-0.15, -0.1) is 0 Å². The van der Waals surface area contributed by atoms with E-state index in [-0.39, 0.29) is 11.3 Å². The molecule has 3 rings (SSSR count). The van der Waals surface area contributed by atoms with Crippen LogP contribution in [0.3, 0.4) is 0 Å². The van der Waals surface area contributed by atoms with Crippen molar-refractivity contribution >= 4 is 11.7 Å². The molecule has 0 unspecified atom stereocenters. The molecule has 1 N–H and O–H groups in total. The molecule has 1 aromatic heterocycles. The highest BCUT2D eigenvalue weighted by molar-refractivity contribution is 5.84. The Hall–Kier alpha value is -2.23. The van der Waals surface area contributed by atoms with Crippen LogP contribution in [-0.4, -0.2) is 16.6 Å². The monoisotopic (exact) mass is 313 g/mol. The minimum atomic E-state index is -1.03. The van der Waals surface area contributed by atoms with Gasteiger partial charge in [-0.1, -0.05) is 25.1 Å². The Morgan fingerprint density at radius 1 is 1.35 bits per heavy atom. The zero-order chi connectivity index (χ0) is 16.8. The zero-order valence-electron chi connectivity index (χ0n) is 14.1. The summed E-state index contributed by atoms with van der Waals surface area (Å²) in [6.45, 7) is 9.45. The summed E-state index contributed by atoms with van der Waals surface area (Å²) in [6.07, 6.45) is 1.05. The summed E-state index contributed by atoms with van der Waals surface area (Å²) in [5.41, 5.74) is 3.83. The van der Waals surface area contributed by atoms with Gasteiger partial charge in [0.1, 0.15) is 5.76 Å². The molecule has 0 saturated heterocycles. The predicted molar refractivity (Wildman–Crippen MR) is 90.1 cm³/mol. The second-order valence-corrected chi connectivity index (χ2v) is 7.09. The second-order valence-electron chi connectivity index (χ2n) is 7.09. The number of carboxylic acids is 1. The predicted octanol–water partition coefficient (Wildman–Crippen LogP) is 4.58. The smallest absolute Gasteiger partial charge is 0.371 e. The topological polar surface area (TPSA) is 53.7 Å². The van der Waals surface area contributed by atoms with Crippen LogP contribution in [0, 0.1) is 6.92 Å². The lowest BCUT2D eigenvalue weighted by Crippen LogP contribution is -2.48. The molecule has 2 aromatic rings. The van der Waals surface area contributed by atoms with E-state index in [0.717, 1.165) is 6.42 Å². The molecule has 1 aromatic carbocycles. The second kappa shape index (κ2) is 5.44. The third kappa shape index (κ3) is 2.74. The van der Waals surface area contributed by atoms with E-state index in [1.54, 1.807) is 6.07 Å². The van der Waals surface area contributed by atoms with Gasteiger partial charge in [-0.05, 0) is 56.4 Å². The molecule has 0 fully saturated rings. The first-order chi connectivity index (χ1) is 10.8. The lowest BCUT2D eigenvalue weighted by Gasteiger charge is -2.48. The Kier molecular flexibility index (Phi) is 3.71. The standard InChI is InChI=1S/C19H23NO3/c1-12-6-5-7-15-13(2)10-19(3,4)20(17(12)15)11-14-8-9-16(23-14)18(21)22/h5-9,13H,10-11H2,1-4H3,(H,21,22)/t13-/m1/s1. The SMILES string of the molecule is Cc1cccc2c1N(Cc1ccc(C(=O)O)o1)C(C)(C)C[C@H]2C. The van der Waals surface area contributed by atoms with Crippen LogP contribution in [-0.2, 0) is 6.54 Å². The van der Waals surface area contributed by atoms with Gasteiger partial charge >= 0.3 is 5.97 Å². The zero-order valence-corrected chi connectivity index (χ0v) is 14.1. The molecule has 0 amide bonds. The first-order valence-electron chi connectivity index (χ1n) is 7.99. The Morgan fingerprint density at radius 2 is 2.09 bits per heavy atom. The van der Waals surface area contributed by atoms with E-state index in [2.05, 4.69) is 50.8 Å². The number of rotatable bonds is 3. The quantitative estimate of drug-likeness (QED) is 0.901. The number of aromatic carboxylic acids is 1. The first kappa shape index (κ1) is 15.7. The van der Waals surface area contributed by atoms with Gasteiger partial charge in [0.25, 0.3) is 0 Å². The third-order valence-electron chi connectivity index (χ3n) is 4.79. The molecule has 4 heteroatoms. The maximum Gasteiger partial charge on any atom is 0.371 e. The van der Waals surface area contributed by atoms with Crippen LogP contribution in [0.25, 0.3) is 0 Å². The molecule has 1 atom stereocenters. The highest BCUT2D eigenvalue weighted by atomic mass is 16.4. The van der Waals surface area contributed by atoms with Gasteiger partial charge in [0.15, 0.2) is 0 Å². The van der Waals surface area contributed by atoms with Crippen LogP contribution in [0.1, 0.15) is 60.6 Å². The van der Waals surface area contributed by atoms with Crippen molar-refractivity contribution in [2.45, 2.75) is 52.1 Å². The number of furan rings is 1. The maximum atomic E-state index is 11.0. The first-order valence-corrected chi connectivity index (χ1v) is 7.99. The van der Waals surface area contributed by atoms with Crippen molar-refractivity contribution in [1.82, 2.24) is 0 Å². The molecule has 1 aliphatic rings. The third-order valence-corrected chi connectivity index (χ3v) is 4.79. The number of aryl methyl sites for hydroxylation is 1. The van der Waals surface area contributed by atoms with Crippen LogP contribution in [0.5, 0.6) is 0 Å². The van der Waals surface area contributed by atoms with Crippen molar-refractivity contribution < 1.29 is 14.3 Å². The highest BCUT2D eigenvalue weighted by Crippen LogP contribution is 2.45.